The summed E-state index contributed by atoms with van der Waals surface area (Å²) in [6, 6.07) is 14.8. The molecule has 0 aliphatic carbocycles. The molecule has 19 heavy (non-hydrogen) atoms. The standard InChI is InChI=1S/C13H11IO4S/c14-11-8-4-5-9-12(11)18-19(16,17)13(15)10-6-2-1-3-7-10/h1-9,13,15H. The number of hydrogen-bond donors (Lipinski definition) is 1. The van der Waals surface area contributed by atoms with Gasteiger partial charge in [0, 0.05) is 0 Å². The van der Waals surface area contributed by atoms with Crippen LogP contribution in [0.2, 0.25) is 0 Å². The highest BCUT2D eigenvalue weighted by Crippen LogP contribution is 2.26. The van der Waals surface area contributed by atoms with E-state index in [2.05, 4.69) is 0 Å². The van der Waals surface area contributed by atoms with Gasteiger partial charge in [0.05, 0.1) is 3.57 Å². The summed E-state index contributed by atoms with van der Waals surface area (Å²) in [5, 5.41) is 9.89. The molecular weight excluding hydrogens is 379 g/mol. The third-order valence-electron chi connectivity index (χ3n) is 2.40. The first-order valence-electron chi connectivity index (χ1n) is 5.41. The normalized spacial score (nSPS) is 12.9. The molecule has 2 rings (SSSR count). The Morgan fingerprint density at radius 1 is 1.00 bits per heavy atom. The van der Waals surface area contributed by atoms with Crippen molar-refractivity contribution in [2.24, 2.45) is 0 Å². The largest absolute Gasteiger partial charge is 0.379 e. The van der Waals surface area contributed by atoms with Gasteiger partial charge >= 0.3 is 10.1 Å². The zero-order chi connectivity index (χ0) is 13.9. The Hall–Kier alpha value is -1.12. The third kappa shape index (κ3) is 3.46. The first-order chi connectivity index (χ1) is 9.00. The molecule has 0 fully saturated rings. The molecule has 1 unspecified atom stereocenters. The summed E-state index contributed by atoms with van der Waals surface area (Å²) in [5.74, 6) is 0.207. The Labute approximate surface area is 125 Å². The lowest BCUT2D eigenvalue weighted by Crippen LogP contribution is -2.19. The van der Waals surface area contributed by atoms with Gasteiger partial charge in [0.25, 0.3) is 0 Å². The number of para-hydroxylation sites is 1. The van der Waals surface area contributed by atoms with Crippen molar-refractivity contribution in [1.29, 1.82) is 0 Å². The zero-order valence-electron chi connectivity index (χ0n) is 9.73. The average Bonchev–Trinajstić information content (AvgIpc) is 2.41. The SMILES string of the molecule is O=S(=O)(Oc1ccccc1I)C(O)c1ccccc1. The van der Waals surface area contributed by atoms with E-state index in [1.54, 1.807) is 36.4 Å². The molecule has 0 radical (unpaired) electrons. The van der Waals surface area contributed by atoms with E-state index in [1.807, 2.05) is 22.6 Å². The van der Waals surface area contributed by atoms with Crippen molar-refractivity contribution in [1.82, 2.24) is 0 Å². The second-order valence-corrected chi connectivity index (χ2v) is 6.53. The Bertz CT molecular complexity index is 655. The minimum Gasteiger partial charge on any atom is -0.379 e. The monoisotopic (exact) mass is 390 g/mol. The van der Waals surface area contributed by atoms with E-state index in [0.717, 1.165) is 0 Å². The molecule has 1 N–H and O–H groups in total. The van der Waals surface area contributed by atoms with Crippen LogP contribution in [0.5, 0.6) is 5.75 Å². The molecule has 0 amide bonds. The highest BCUT2D eigenvalue weighted by Gasteiger charge is 2.27. The molecule has 4 nitrogen and oxygen atoms in total. The smallest absolute Gasteiger partial charge is 0.340 e. The molecule has 2 aromatic rings. The molecule has 100 valence electrons. The van der Waals surface area contributed by atoms with Crippen LogP contribution in [-0.2, 0) is 10.1 Å². The maximum atomic E-state index is 12.0. The summed E-state index contributed by atoms with van der Waals surface area (Å²) >= 11 is 1.97. The molecule has 0 saturated carbocycles. The average molecular weight is 390 g/mol. The van der Waals surface area contributed by atoms with Crippen LogP contribution in [0, 0.1) is 3.57 Å². The number of benzene rings is 2. The maximum Gasteiger partial charge on any atom is 0.340 e. The van der Waals surface area contributed by atoms with E-state index in [9.17, 15) is 13.5 Å². The van der Waals surface area contributed by atoms with Gasteiger partial charge in [0.1, 0.15) is 0 Å². The predicted octanol–water partition coefficient (Wildman–Crippen LogP) is 2.69. The van der Waals surface area contributed by atoms with Crippen molar-refractivity contribution in [2.75, 3.05) is 0 Å². The summed E-state index contributed by atoms with van der Waals surface area (Å²) < 4.78 is 29.6. The first-order valence-corrected chi connectivity index (χ1v) is 7.96. The van der Waals surface area contributed by atoms with E-state index in [-0.39, 0.29) is 11.3 Å². The Morgan fingerprint density at radius 3 is 2.21 bits per heavy atom. The topological polar surface area (TPSA) is 63.6 Å². The van der Waals surface area contributed by atoms with Crippen molar-refractivity contribution < 1.29 is 17.7 Å². The fraction of sp³-hybridized carbons (Fsp3) is 0.0769. The van der Waals surface area contributed by atoms with Gasteiger partial charge in [-0.25, -0.2) is 0 Å². The summed E-state index contributed by atoms with van der Waals surface area (Å²) in [6.45, 7) is 0. The van der Waals surface area contributed by atoms with Gasteiger partial charge < -0.3 is 9.29 Å². The predicted molar refractivity (Wildman–Crippen MR) is 80.1 cm³/mol. The van der Waals surface area contributed by atoms with E-state index < -0.39 is 15.6 Å². The number of halogens is 1. The van der Waals surface area contributed by atoms with Crippen LogP contribution in [0.3, 0.4) is 0 Å². The summed E-state index contributed by atoms with van der Waals surface area (Å²) in [7, 11) is -4.14. The quantitative estimate of drug-likeness (QED) is 0.644. The van der Waals surface area contributed by atoms with E-state index >= 15 is 0 Å². The number of aliphatic hydroxyl groups excluding tert-OH is 1. The second kappa shape index (κ2) is 5.89. The first kappa shape index (κ1) is 14.3. The van der Waals surface area contributed by atoms with Crippen LogP contribution in [0.4, 0.5) is 0 Å². The summed E-state index contributed by atoms with van der Waals surface area (Å²) in [5.41, 5.74) is -1.43. The van der Waals surface area contributed by atoms with Gasteiger partial charge in [0.15, 0.2) is 5.75 Å². The van der Waals surface area contributed by atoms with Gasteiger partial charge in [-0.05, 0) is 40.3 Å². The van der Waals surface area contributed by atoms with Gasteiger partial charge in [0.2, 0.25) is 5.44 Å². The molecule has 0 saturated heterocycles. The van der Waals surface area contributed by atoms with Gasteiger partial charge in [-0.1, -0.05) is 42.5 Å². The molecule has 1 atom stereocenters. The van der Waals surface area contributed by atoms with Crippen LogP contribution in [0.25, 0.3) is 0 Å². The van der Waals surface area contributed by atoms with E-state index in [1.165, 1.54) is 18.2 Å². The number of hydrogen-bond acceptors (Lipinski definition) is 4. The van der Waals surface area contributed by atoms with Gasteiger partial charge in [-0.3, -0.25) is 0 Å². The second-order valence-electron chi connectivity index (χ2n) is 3.77. The molecular formula is C13H11IO4S. The Balaban J connectivity index is 2.27. The highest BCUT2D eigenvalue weighted by atomic mass is 127. The Kier molecular flexibility index (Phi) is 4.43. The van der Waals surface area contributed by atoms with Crippen LogP contribution >= 0.6 is 22.6 Å². The molecule has 0 aromatic heterocycles. The van der Waals surface area contributed by atoms with Crippen LogP contribution in [0.15, 0.2) is 54.6 Å². The zero-order valence-corrected chi connectivity index (χ0v) is 12.7. The summed E-state index contributed by atoms with van der Waals surface area (Å²) in [4.78, 5) is 0. The highest BCUT2D eigenvalue weighted by molar-refractivity contribution is 14.1. The molecule has 6 heteroatoms. The number of rotatable bonds is 4. The molecule has 0 aliphatic rings. The van der Waals surface area contributed by atoms with Crippen molar-refractivity contribution in [3.8, 4) is 5.75 Å². The van der Waals surface area contributed by atoms with Crippen LogP contribution in [0.1, 0.15) is 11.0 Å². The molecule has 0 bridgehead atoms. The third-order valence-corrected chi connectivity index (χ3v) is 4.52. The molecule has 0 heterocycles. The Morgan fingerprint density at radius 2 is 1.58 bits per heavy atom. The van der Waals surface area contributed by atoms with Gasteiger partial charge in [-0.2, -0.15) is 8.42 Å². The maximum absolute atomic E-state index is 12.0. The molecule has 2 aromatic carbocycles. The lowest BCUT2D eigenvalue weighted by molar-refractivity contribution is 0.240. The fourth-order valence-electron chi connectivity index (χ4n) is 1.47. The molecule has 0 spiro atoms. The fourth-order valence-corrected chi connectivity index (χ4v) is 3.09. The van der Waals surface area contributed by atoms with Crippen LogP contribution in [-0.4, -0.2) is 13.5 Å². The van der Waals surface area contributed by atoms with Crippen LogP contribution < -0.4 is 4.18 Å². The summed E-state index contributed by atoms with van der Waals surface area (Å²) in [6.07, 6.45) is 0. The van der Waals surface area contributed by atoms with Crippen molar-refractivity contribution in [3.63, 3.8) is 0 Å². The lowest BCUT2D eigenvalue weighted by atomic mass is 10.2. The van der Waals surface area contributed by atoms with Crippen molar-refractivity contribution in [3.05, 3.63) is 63.7 Å². The van der Waals surface area contributed by atoms with E-state index in [0.29, 0.717) is 3.57 Å². The van der Waals surface area contributed by atoms with E-state index in [4.69, 9.17) is 4.18 Å². The minimum atomic E-state index is -4.14. The van der Waals surface area contributed by atoms with Crippen molar-refractivity contribution >= 4 is 32.7 Å². The lowest BCUT2D eigenvalue weighted by Gasteiger charge is -2.13. The minimum absolute atomic E-state index is 0.207. The molecule has 0 aliphatic heterocycles. The number of aliphatic hydroxyl groups is 1. The van der Waals surface area contributed by atoms with Crippen molar-refractivity contribution in [2.45, 2.75) is 5.44 Å². The van der Waals surface area contributed by atoms with Gasteiger partial charge in [-0.15, -0.1) is 0 Å².